The highest BCUT2D eigenvalue weighted by atomic mass is 35.5. The van der Waals surface area contributed by atoms with E-state index in [2.05, 4.69) is 10.6 Å². The predicted molar refractivity (Wildman–Crippen MR) is 132 cm³/mol. The van der Waals surface area contributed by atoms with Crippen molar-refractivity contribution in [2.24, 2.45) is 0 Å². The zero-order valence-corrected chi connectivity index (χ0v) is 19.8. The summed E-state index contributed by atoms with van der Waals surface area (Å²) in [6, 6.07) is 14.6. The third kappa shape index (κ3) is 5.46. The van der Waals surface area contributed by atoms with Crippen molar-refractivity contribution in [3.05, 3.63) is 93.3 Å². The van der Waals surface area contributed by atoms with Gasteiger partial charge in [-0.05, 0) is 86.3 Å². The van der Waals surface area contributed by atoms with Crippen molar-refractivity contribution in [3.63, 3.8) is 0 Å². The van der Waals surface area contributed by atoms with Crippen LogP contribution in [0.5, 0.6) is 0 Å². The molecule has 5 nitrogen and oxygen atoms in total. The van der Waals surface area contributed by atoms with Crippen molar-refractivity contribution < 1.29 is 18.7 Å². The maximum absolute atomic E-state index is 13.4. The summed E-state index contributed by atoms with van der Waals surface area (Å²) in [6.45, 7) is 4.80. The SMILES string of the molecule is Cc1cc(F)ccc1Nc1ccc(C(=O)c2cc(C(=O)NCC3CCCO3)ccc2C)c(Cl)c1. The fourth-order valence-electron chi connectivity index (χ4n) is 3.97. The Labute approximate surface area is 203 Å². The number of ether oxygens (including phenoxy) is 1. The predicted octanol–water partition coefficient (Wildman–Crippen LogP) is 5.98. The molecule has 1 atom stereocenters. The molecule has 0 aliphatic carbocycles. The van der Waals surface area contributed by atoms with Gasteiger partial charge in [0, 0.05) is 41.2 Å². The van der Waals surface area contributed by atoms with Crippen molar-refractivity contribution in [1.29, 1.82) is 0 Å². The van der Waals surface area contributed by atoms with Crippen molar-refractivity contribution in [2.45, 2.75) is 32.8 Å². The molecule has 34 heavy (non-hydrogen) atoms. The minimum atomic E-state index is -0.305. The molecule has 1 amide bonds. The van der Waals surface area contributed by atoms with Gasteiger partial charge in [-0.25, -0.2) is 4.39 Å². The number of carbonyl (C=O) groups excluding carboxylic acids is 2. The van der Waals surface area contributed by atoms with Crippen LogP contribution in [-0.2, 0) is 4.74 Å². The molecule has 1 heterocycles. The van der Waals surface area contributed by atoms with Crippen LogP contribution in [0.1, 0.15) is 50.2 Å². The first kappa shape index (κ1) is 23.9. The molecule has 3 aromatic rings. The zero-order valence-electron chi connectivity index (χ0n) is 19.1. The third-order valence-electron chi connectivity index (χ3n) is 5.94. The van der Waals surface area contributed by atoms with Gasteiger partial charge < -0.3 is 15.4 Å². The van der Waals surface area contributed by atoms with Crippen LogP contribution in [0.4, 0.5) is 15.8 Å². The quantitative estimate of drug-likeness (QED) is 0.408. The van der Waals surface area contributed by atoms with E-state index in [1.807, 2.05) is 6.92 Å². The van der Waals surface area contributed by atoms with Crippen molar-refractivity contribution in [1.82, 2.24) is 5.32 Å². The molecule has 7 heteroatoms. The zero-order chi connectivity index (χ0) is 24.2. The average Bonchev–Trinajstić information content (AvgIpc) is 3.33. The van der Waals surface area contributed by atoms with E-state index >= 15 is 0 Å². The molecule has 1 fully saturated rings. The Hall–Kier alpha value is -3.22. The average molecular weight is 481 g/mol. The summed E-state index contributed by atoms with van der Waals surface area (Å²) >= 11 is 6.47. The van der Waals surface area contributed by atoms with E-state index in [-0.39, 0.29) is 28.6 Å². The second-order valence-electron chi connectivity index (χ2n) is 8.48. The first-order chi connectivity index (χ1) is 16.3. The summed E-state index contributed by atoms with van der Waals surface area (Å²) in [4.78, 5) is 25.9. The molecule has 0 spiro atoms. The molecule has 0 bridgehead atoms. The highest BCUT2D eigenvalue weighted by Crippen LogP contribution is 2.28. The number of amides is 1. The molecule has 1 unspecified atom stereocenters. The summed E-state index contributed by atoms with van der Waals surface area (Å²) in [6.07, 6.45) is 1.98. The van der Waals surface area contributed by atoms with Crippen LogP contribution < -0.4 is 10.6 Å². The lowest BCUT2D eigenvalue weighted by Crippen LogP contribution is -2.31. The third-order valence-corrected chi connectivity index (χ3v) is 6.25. The Balaban J connectivity index is 1.51. The number of halogens is 2. The number of hydrogen-bond donors (Lipinski definition) is 2. The molecule has 176 valence electrons. The molecule has 4 rings (SSSR count). The van der Waals surface area contributed by atoms with Gasteiger partial charge >= 0.3 is 0 Å². The molecule has 1 aliphatic heterocycles. The number of aryl methyl sites for hydroxylation is 2. The first-order valence-corrected chi connectivity index (χ1v) is 11.6. The van der Waals surface area contributed by atoms with Gasteiger partial charge in [-0.15, -0.1) is 0 Å². The number of hydrogen-bond acceptors (Lipinski definition) is 4. The van der Waals surface area contributed by atoms with Crippen LogP contribution in [-0.4, -0.2) is 30.9 Å². The second kappa shape index (κ2) is 10.4. The maximum Gasteiger partial charge on any atom is 0.251 e. The fraction of sp³-hybridized carbons (Fsp3) is 0.259. The molecular formula is C27H26ClFN2O3. The molecule has 0 radical (unpaired) electrons. The van der Waals surface area contributed by atoms with E-state index < -0.39 is 0 Å². The van der Waals surface area contributed by atoms with Crippen LogP contribution >= 0.6 is 11.6 Å². The molecular weight excluding hydrogens is 455 g/mol. The largest absolute Gasteiger partial charge is 0.376 e. The van der Waals surface area contributed by atoms with Crippen molar-refractivity contribution >= 4 is 34.7 Å². The minimum absolute atomic E-state index is 0.0418. The summed E-state index contributed by atoms with van der Waals surface area (Å²) in [5.74, 6) is -0.814. The minimum Gasteiger partial charge on any atom is -0.376 e. The van der Waals surface area contributed by atoms with Crippen LogP contribution in [0, 0.1) is 19.7 Å². The summed E-state index contributed by atoms with van der Waals surface area (Å²) < 4.78 is 18.9. The lowest BCUT2D eigenvalue weighted by molar-refractivity contribution is 0.0858. The van der Waals surface area contributed by atoms with E-state index in [4.69, 9.17) is 16.3 Å². The number of anilines is 2. The van der Waals surface area contributed by atoms with E-state index in [0.717, 1.165) is 36.3 Å². The Bertz CT molecular complexity index is 1240. The maximum atomic E-state index is 13.4. The van der Waals surface area contributed by atoms with E-state index in [9.17, 15) is 14.0 Å². The molecule has 0 saturated carbocycles. The van der Waals surface area contributed by atoms with Gasteiger partial charge in [0.15, 0.2) is 5.78 Å². The van der Waals surface area contributed by atoms with E-state index in [1.165, 1.54) is 12.1 Å². The molecule has 1 saturated heterocycles. The summed E-state index contributed by atoms with van der Waals surface area (Å²) in [5.41, 5.74) is 4.09. The number of benzene rings is 3. The van der Waals surface area contributed by atoms with Gasteiger partial charge in [-0.2, -0.15) is 0 Å². The molecule has 3 aromatic carbocycles. The summed E-state index contributed by atoms with van der Waals surface area (Å²) in [7, 11) is 0. The van der Waals surface area contributed by atoms with Gasteiger partial charge in [-0.1, -0.05) is 17.7 Å². The van der Waals surface area contributed by atoms with Gasteiger partial charge in [-0.3, -0.25) is 9.59 Å². The number of ketones is 1. The number of rotatable bonds is 7. The van der Waals surface area contributed by atoms with Gasteiger partial charge in [0.2, 0.25) is 0 Å². The first-order valence-electron chi connectivity index (χ1n) is 11.2. The topological polar surface area (TPSA) is 67.4 Å². The monoisotopic (exact) mass is 480 g/mol. The van der Waals surface area contributed by atoms with E-state index in [0.29, 0.717) is 28.9 Å². The normalized spacial score (nSPS) is 15.2. The standard InChI is InChI=1S/C27H26ClFN2O3/c1-16-5-6-18(27(33)30-15-21-4-3-11-34-21)13-23(16)26(32)22-9-8-20(14-24(22)28)31-25-10-7-19(29)12-17(25)2/h5-10,12-14,21,31H,3-4,11,15H2,1-2H3,(H,30,33). The highest BCUT2D eigenvalue weighted by Gasteiger charge is 2.20. The Kier molecular flexibility index (Phi) is 7.29. The van der Waals surface area contributed by atoms with Crippen molar-refractivity contribution in [3.8, 4) is 0 Å². The molecule has 2 N–H and O–H groups in total. The van der Waals surface area contributed by atoms with Gasteiger partial charge in [0.25, 0.3) is 5.91 Å². The van der Waals surface area contributed by atoms with Crippen LogP contribution in [0.2, 0.25) is 5.02 Å². The summed E-state index contributed by atoms with van der Waals surface area (Å²) in [5, 5.41) is 6.36. The Morgan fingerprint density at radius 2 is 1.85 bits per heavy atom. The Morgan fingerprint density at radius 1 is 1.03 bits per heavy atom. The van der Waals surface area contributed by atoms with E-state index in [1.54, 1.807) is 49.4 Å². The van der Waals surface area contributed by atoms with Gasteiger partial charge in [0.1, 0.15) is 5.82 Å². The lowest BCUT2D eigenvalue weighted by atomic mass is 9.96. The number of carbonyl (C=O) groups is 2. The molecule has 0 aromatic heterocycles. The van der Waals surface area contributed by atoms with Crippen molar-refractivity contribution in [2.75, 3.05) is 18.5 Å². The second-order valence-corrected chi connectivity index (χ2v) is 8.89. The number of nitrogens with one attached hydrogen (secondary N) is 2. The van der Waals surface area contributed by atoms with Crippen LogP contribution in [0.3, 0.4) is 0 Å². The van der Waals surface area contributed by atoms with Crippen LogP contribution in [0.15, 0.2) is 54.6 Å². The molecule has 1 aliphatic rings. The highest BCUT2D eigenvalue weighted by molar-refractivity contribution is 6.35. The fourth-order valence-corrected chi connectivity index (χ4v) is 4.23. The smallest absolute Gasteiger partial charge is 0.251 e. The lowest BCUT2D eigenvalue weighted by Gasteiger charge is -2.13. The van der Waals surface area contributed by atoms with Gasteiger partial charge in [0.05, 0.1) is 11.1 Å². The van der Waals surface area contributed by atoms with Crippen LogP contribution in [0.25, 0.3) is 0 Å². The Morgan fingerprint density at radius 3 is 2.56 bits per heavy atom.